The zero-order valence-corrected chi connectivity index (χ0v) is 13.3. The minimum atomic E-state index is 0.440. The number of nitrogens with one attached hydrogen (secondary N) is 1. The van der Waals surface area contributed by atoms with Crippen LogP contribution in [0, 0.1) is 0 Å². The number of nitrogens with two attached hydrogens (primary N) is 1. The third-order valence-electron chi connectivity index (χ3n) is 2.52. The van der Waals surface area contributed by atoms with Crippen LogP contribution < -0.4 is 15.8 Å². The minimum absolute atomic E-state index is 0.440. The summed E-state index contributed by atoms with van der Waals surface area (Å²) in [6.07, 6.45) is 0.901. The van der Waals surface area contributed by atoms with Gasteiger partial charge in [0, 0.05) is 9.50 Å². The summed E-state index contributed by atoms with van der Waals surface area (Å²) in [6.45, 7) is 2.61. The molecule has 4 nitrogen and oxygen atoms in total. The topological polar surface area (TPSA) is 60.2 Å². The Labute approximate surface area is 131 Å². The van der Waals surface area contributed by atoms with Crippen LogP contribution in [0.5, 0.6) is 5.88 Å². The van der Waals surface area contributed by atoms with Gasteiger partial charge in [0.1, 0.15) is 5.82 Å². The first-order valence-corrected chi connectivity index (χ1v) is 7.38. The molecule has 2 aromatic rings. The van der Waals surface area contributed by atoms with E-state index in [1.165, 1.54) is 0 Å². The van der Waals surface area contributed by atoms with E-state index >= 15 is 0 Å². The van der Waals surface area contributed by atoms with Crippen LogP contribution in [0.25, 0.3) is 0 Å². The molecule has 0 atom stereocenters. The van der Waals surface area contributed by atoms with Gasteiger partial charge in [-0.05, 0) is 52.7 Å². The lowest BCUT2D eigenvalue weighted by Gasteiger charge is -2.11. The van der Waals surface area contributed by atoms with Crippen molar-refractivity contribution in [2.75, 3.05) is 17.7 Å². The minimum Gasteiger partial charge on any atom is -0.476 e. The molecule has 1 aromatic carbocycles. The first-order valence-electron chi connectivity index (χ1n) is 6.21. The molecule has 0 spiro atoms. The number of anilines is 3. The average molecular weight is 357 g/mol. The highest BCUT2D eigenvalue weighted by molar-refractivity contribution is 9.10. The standard InChI is InChI=1S/C14H15BrClN3O/c1-2-7-20-14-11(17)5-6-13(19-14)18-12-8-9(16)3-4-10(12)15/h3-6,8H,2,7,17H2,1H3,(H,18,19). The number of nitrogens with zero attached hydrogens (tertiary/aromatic N) is 1. The smallest absolute Gasteiger partial charge is 0.239 e. The summed E-state index contributed by atoms with van der Waals surface area (Å²) in [4.78, 5) is 4.35. The van der Waals surface area contributed by atoms with Crippen LogP contribution in [0.2, 0.25) is 5.02 Å². The second-order valence-corrected chi connectivity index (χ2v) is 5.48. The highest BCUT2D eigenvalue weighted by atomic mass is 79.9. The van der Waals surface area contributed by atoms with Gasteiger partial charge < -0.3 is 15.8 Å². The van der Waals surface area contributed by atoms with Gasteiger partial charge in [0.2, 0.25) is 5.88 Å². The molecule has 0 saturated carbocycles. The van der Waals surface area contributed by atoms with Crippen molar-refractivity contribution in [3.63, 3.8) is 0 Å². The number of ether oxygens (including phenoxy) is 1. The van der Waals surface area contributed by atoms with Gasteiger partial charge in [-0.25, -0.2) is 0 Å². The van der Waals surface area contributed by atoms with Crippen LogP contribution >= 0.6 is 27.5 Å². The molecule has 0 radical (unpaired) electrons. The van der Waals surface area contributed by atoms with Crippen LogP contribution in [0.15, 0.2) is 34.8 Å². The van der Waals surface area contributed by atoms with Gasteiger partial charge in [-0.1, -0.05) is 18.5 Å². The molecular weight excluding hydrogens is 342 g/mol. The Bertz CT molecular complexity index is 607. The molecule has 20 heavy (non-hydrogen) atoms. The van der Waals surface area contributed by atoms with Crippen LogP contribution in [0.1, 0.15) is 13.3 Å². The Morgan fingerprint density at radius 2 is 2.15 bits per heavy atom. The third-order valence-corrected chi connectivity index (χ3v) is 3.45. The lowest BCUT2D eigenvalue weighted by molar-refractivity contribution is 0.307. The lowest BCUT2D eigenvalue weighted by atomic mass is 10.3. The summed E-state index contributed by atoms with van der Waals surface area (Å²) in [5.41, 5.74) is 7.18. The highest BCUT2D eigenvalue weighted by Gasteiger charge is 2.06. The summed E-state index contributed by atoms with van der Waals surface area (Å²) in [7, 11) is 0. The Kier molecular flexibility index (Phi) is 5.09. The van der Waals surface area contributed by atoms with Gasteiger partial charge in [0.25, 0.3) is 0 Å². The highest BCUT2D eigenvalue weighted by Crippen LogP contribution is 2.29. The predicted octanol–water partition coefficient (Wildman–Crippen LogP) is 4.61. The summed E-state index contributed by atoms with van der Waals surface area (Å²) in [5, 5.41) is 3.83. The fourth-order valence-electron chi connectivity index (χ4n) is 1.57. The largest absolute Gasteiger partial charge is 0.476 e. The first kappa shape index (κ1) is 14.9. The van der Waals surface area contributed by atoms with E-state index in [0.717, 1.165) is 16.6 Å². The number of nitrogen functional groups attached to an aromatic ring is 1. The van der Waals surface area contributed by atoms with Gasteiger partial charge in [0.05, 0.1) is 18.0 Å². The molecule has 1 aromatic heterocycles. The summed E-state index contributed by atoms with van der Waals surface area (Å²) < 4.78 is 6.40. The van der Waals surface area contributed by atoms with E-state index < -0.39 is 0 Å². The van der Waals surface area contributed by atoms with Gasteiger partial charge in [-0.15, -0.1) is 0 Å². The van der Waals surface area contributed by atoms with Gasteiger partial charge in [0.15, 0.2) is 0 Å². The zero-order valence-electron chi connectivity index (χ0n) is 11.0. The summed E-state index contributed by atoms with van der Waals surface area (Å²) >= 11 is 9.44. The van der Waals surface area contributed by atoms with Crippen molar-refractivity contribution in [3.8, 4) is 5.88 Å². The van der Waals surface area contributed by atoms with E-state index in [-0.39, 0.29) is 0 Å². The van der Waals surface area contributed by atoms with Crippen molar-refractivity contribution in [1.82, 2.24) is 4.98 Å². The van der Waals surface area contributed by atoms with Crippen molar-refractivity contribution >= 4 is 44.7 Å². The van der Waals surface area contributed by atoms with Crippen molar-refractivity contribution in [2.45, 2.75) is 13.3 Å². The second kappa shape index (κ2) is 6.81. The van der Waals surface area contributed by atoms with Crippen LogP contribution in [-0.4, -0.2) is 11.6 Å². The third kappa shape index (κ3) is 3.77. The maximum absolute atomic E-state index is 5.98. The fourth-order valence-corrected chi connectivity index (χ4v) is 2.08. The number of aromatic nitrogens is 1. The molecule has 0 saturated heterocycles. The maximum Gasteiger partial charge on any atom is 0.239 e. The van der Waals surface area contributed by atoms with E-state index in [1.54, 1.807) is 12.1 Å². The molecule has 0 amide bonds. The van der Waals surface area contributed by atoms with Gasteiger partial charge >= 0.3 is 0 Å². The normalized spacial score (nSPS) is 10.3. The zero-order chi connectivity index (χ0) is 14.5. The molecule has 0 aliphatic carbocycles. The molecule has 0 fully saturated rings. The van der Waals surface area contributed by atoms with Crippen molar-refractivity contribution in [3.05, 3.63) is 39.8 Å². The molecule has 1 heterocycles. The quantitative estimate of drug-likeness (QED) is 0.821. The van der Waals surface area contributed by atoms with E-state index in [1.807, 2.05) is 25.1 Å². The van der Waals surface area contributed by atoms with Crippen LogP contribution in [0.3, 0.4) is 0 Å². The molecule has 0 aliphatic rings. The van der Waals surface area contributed by atoms with Gasteiger partial charge in [-0.3, -0.25) is 0 Å². The molecular formula is C14H15BrClN3O. The Morgan fingerprint density at radius 3 is 2.90 bits per heavy atom. The molecule has 0 bridgehead atoms. The van der Waals surface area contributed by atoms with Crippen molar-refractivity contribution in [1.29, 1.82) is 0 Å². The first-order chi connectivity index (χ1) is 9.60. The number of benzene rings is 1. The summed E-state index contributed by atoms with van der Waals surface area (Å²) in [6, 6.07) is 9.05. The Balaban J connectivity index is 2.22. The summed E-state index contributed by atoms with van der Waals surface area (Å²) in [5.74, 6) is 1.09. The van der Waals surface area contributed by atoms with E-state index in [9.17, 15) is 0 Å². The van der Waals surface area contributed by atoms with Crippen LogP contribution in [0.4, 0.5) is 17.2 Å². The molecule has 0 aliphatic heterocycles. The number of hydrogen-bond acceptors (Lipinski definition) is 4. The fraction of sp³-hybridized carbons (Fsp3) is 0.214. The monoisotopic (exact) mass is 355 g/mol. The number of halogens is 2. The second-order valence-electron chi connectivity index (χ2n) is 4.19. The Morgan fingerprint density at radius 1 is 1.35 bits per heavy atom. The lowest BCUT2D eigenvalue weighted by Crippen LogP contribution is -2.03. The molecule has 106 valence electrons. The number of pyridine rings is 1. The van der Waals surface area contributed by atoms with Crippen molar-refractivity contribution < 1.29 is 4.74 Å². The molecule has 0 unspecified atom stereocenters. The maximum atomic E-state index is 5.98. The van der Waals surface area contributed by atoms with Crippen molar-refractivity contribution in [2.24, 2.45) is 0 Å². The average Bonchev–Trinajstić information content (AvgIpc) is 2.43. The Hall–Kier alpha value is -1.46. The number of rotatable bonds is 5. The van der Waals surface area contributed by atoms with E-state index in [2.05, 4.69) is 26.2 Å². The van der Waals surface area contributed by atoms with E-state index in [0.29, 0.717) is 29.0 Å². The molecule has 2 rings (SSSR count). The SMILES string of the molecule is CCCOc1nc(Nc2cc(Cl)ccc2Br)ccc1N. The molecule has 3 N–H and O–H groups in total. The van der Waals surface area contributed by atoms with Gasteiger partial charge in [-0.2, -0.15) is 4.98 Å². The van der Waals surface area contributed by atoms with Crippen LogP contribution in [-0.2, 0) is 0 Å². The predicted molar refractivity (Wildman–Crippen MR) is 86.9 cm³/mol. The number of hydrogen-bond donors (Lipinski definition) is 2. The molecule has 6 heteroatoms. The van der Waals surface area contributed by atoms with E-state index in [4.69, 9.17) is 22.1 Å².